The number of likely N-dealkylation sites (tertiary alicyclic amines) is 1. The van der Waals surface area contributed by atoms with Crippen molar-refractivity contribution in [3.05, 3.63) is 30.1 Å². The fraction of sp³-hybridized carbons (Fsp3) is 0.619. The van der Waals surface area contributed by atoms with Gasteiger partial charge in [-0.05, 0) is 59.2 Å². The summed E-state index contributed by atoms with van der Waals surface area (Å²) in [7, 11) is 2.08. The number of nitrogens with zero attached hydrogens (tertiary/aromatic N) is 4. The maximum absolute atomic E-state index is 13.1. The lowest BCUT2D eigenvalue weighted by molar-refractivity contribution is -0.141. The second-order valence-corrected chi connectivity index (χ2v) is 8.08. The quantitative estimate of drug-likeness (QED) is 0.824. The molecule has 1 saturated heterocycles. The molecule has 1 fully saturated rings. The summed E-state index contributed by atoms with van der Waals surface area (Å²) in [6, 6.07) is 8.74. The largest absolute Gasteiger partial charge is 0.338 e. The zero-order chi connectivity index (χ0) is 18.8. The van der Waals surface area contributed by atoms with Gasteiger partial charge < -0.3 is 9.47 Å². The summed E-state index contributed by atoms with van der Waals surface area (Å²) in [4.78, 5) is 22.3. The van der Waals surface area contributed by atoms with Gasteiger partial charge in [-0.3, -0.25) is 9.69 Å². The van der Waals surface area contributed by atoms with E-state index in [9.17, 15) is 4.79 Å². The number of rotatable bonds is 5. The normalized spacial score (nSPS) is 18.8. The molecule has 3 rings (SSSR count). The highest BCUT2D eigenvalue weighted by molar-refractivity contribution is 5.79. The Kier molecular flexibility index (Phi) is 5.66. The van der Waals surface area contributed by atoms with Crippen molar-refractivity contribution in [2.75, 3.05) is 13.1 Å². The third kappa shape index (κ3) is 3.78. The molecular formula is C21H32N4O. The Balaban J connectivity index is 1.72. The Labute approximate surface area is 157 Å². The number of para-hydroxylation sites is 2. The number of imidazole rings is 1. The first-order valence-electron chi connectivity index (χ1n) is 9.83. The number of piperidine rings is 1. The molecule has 0 bridgehead atoms. The summed E-state index contributed by atoms with van der Waals surface area (Å²) in [5, 5.41) is 0. The standard InChI is InChI=1S/C21H32N4O/c1-15(2)25(16(3)4)21(26)17-9-8-12-24(13-17)14-20-22-18-10-6-7-11-19(18)23(20)5/h6-7,10-11,15-17H,8-9,12-14H2,1-5H3/t17-/m1/s1. The van der Waals surface area contributed by atoms with Crippen LogP contribution in [-0.2, 0) is 18.4 Å². The number of fused-ring (bicyclic) bond motifs is 1. The van der Waals surface area contributed by atoms with Crippen LogP contribution in [0.25, 0.3) is 11.0 Å². The number of aryl methyl sites for hydroxylation is 1. The molecule has 0 spiro atoms. The summed E-state index contributed by atoms with van der Waals surface area (Å²) in [5.41, 5.74) is 2.21. The zero-order valence-corrected chi connectivity index (χ0v) is 16.8. The van der Waals surface area contributed by atoms with Gasteiger partial charge in [0.1, 0.15) is 5.82 Å². The van der Waals surface area contributed by atoms with Gasteiger partial charge in [-0.1, -0.05) is 12.1 Å². The maximum Gasteiger partial charge on any atom is 0.227 e. The van der Waals surface area contributed by atoms with Gasteiger partial charge >= 0.3 is 0 Å². The fourth-order valence-electron chi connectivity index (χ4n) is 4.25. The number of aromatic nitrogens is 2. The van der Waals surface area contributed by atoms with Gasteiger partial charge in [0.2, 0.25) is 5.91 Å². The van der Waals surface area contributed by atoms with Crippen LogP contribution >= 0.6 is 0 Å². The summed E-state index contributed by atoms with van der Waals surface area (Å²) >= 11 is 0. The first-order chi connectivity index (χ1) is 12.4. The van der Waals surface area contributed by atoms with E-state index in [1.165, 1.54) is 0 Å². The van der Waals surface area contributed by atoms with E-state index in [-0.39, 0.29) is 18.0 Å². The van der Waals surface area contributed by atoms with Crippen molar-refractivity contribution in [3.63, 3.8) is 0 Å². The molecule has 5 nitrogen and oxygen atoms in total. The van der Waals surface area contributed by atoms with E-state index in [0.29, 0.717) is 5.91 Å². The minimum Gasteiger partial charge on any atom is -0.338 e. The van der Waals surface area contributed by atoms with E-state index < -0.39 is 0 Å². The molecule has 5 heteroatoms. The zero-order valence-electron chi connectivity index (χ0n) is 16.8. The number of carbonyl (C=O) groups excluding carboxylic acids is 1. The molecule has 1 aliphatic rings. The molecular weight excluding hydrogens is 324 g/mol. The second-order valence-electron chi connectivity index (χ2n) is 8.08. The van der Waals surface area contributed by atoms with Gasteiger partial charge in [0.25, 0.3) is 0 Å². The lowest BCUT2D eigenvalue weighted by atomic mass is 9.95. The first kappa shape index (κ1) is 18.9. The minimum atomic E-state index is 0.100. The lowest BCUT2D eigenvalue weighted by Crippen LogP contribution is -2.49. The Morgan fingerprint density at radius 3 is 2.58 bits per heavy atom. The number of benzene rings is 1. The number of hydrogen-bond donors (Lipinski definition) is 0. The van der Waals surface area contributed by atoms with Gasteiger partial charge in [-0.25, -0.2) is 4.98 Å². The average Bonchev–Trinajstić information content (AvgIpc) is 2.91. The molecule has 1 amide bonds. The molecule has 142 valence electrons. The SMILES string of the molecule is CC(C)N(C(=O)[C@@H]1CCCN(Cc2nc3ccccc3n2C)C1)C(C)C. The Morgan fingerprint density at radius 2 is 1.92 bits per heavy atom. The Bertz CT molecular complexity index is 756. The topological polar surface area (TPSA) is 41.4 Å². The molecule has 1 aromatic carbocycles. The highest BCUT2D eigenvalue weighted by Gasteiger charge is 2.32. The Morgan fingerprint density at radius 1 is 1.23 bits per heavy atom. The molecule has 0 aliphatic carbocycles. The van der Waals surface area contributed by atoms with E-state index in [4.69, 9.17) is 4.98 Å². The second kappa shape index (κ2) is 7.78. The predicted octanol–water partition coefficient (Wildman–Crippen LogP) is 3.43. The van der Waals surface area contributed by atoms with Gasteiger partial charge in [-0.15, -0.1) is 0 Å². The minimum absolute atomic E-state index is 0.100. The van der Waals surface area contributed by atoms with Crippen LogP contribution in [0.4, 0.5) is 0 Å². The fourth-order valence-corrected chi connectivity index (χ4v) is 4.25. The van der Waals surface area contributed by atoms with E-state index in [1.54, 1.807) is 0 Å². The first-order valence-corrected chi connectivity index (χ1v) is 9.83. The van der Waals surface area contributed by atoms with Crippen molar-refractivity contribution in [2.45, 2.75) is 59.2 Å². The van der Waals surface area contributed by atoms with Crippen LogP contribution in [0.3, 0.4) is 0 Å². The van der Waals surface area contributed by atoms with Gasteiger partial charge in [-0.2, -0.15) is 0 Å². The summed E-state index contributed by atoms with van der Waals surface area (Å²) in [6.07, 6.45) is 2.07. The van der Waals surface area contributed by atoms with Crippen LogP contribution < -0.4 is 0 Å². The summed E-state index contributed by atoms with van der Waals surface area (Å²) in [5.74, 6) is 1.48. The van der Waals surface area contributed by atoms with Gasteiger partial charge in [0.05, 0.1) is 23.5 Å². The van der Waals surface area contributed by atoms with Crippen molar-refractivity contribution < 1.29 is 4.79 Å². The maximum atomic E-state index is 13.1. The van der Waals surface area contributed by atoms with E-state index >= 15 is 0 Å². The third-order valence-corrected chi connectivity index (χ3v) is 5.47. The monoisotopic (exact) mass is 356 g/mol. The van der Waals surface area contributed by atoms with Crippen LogP contribution in [-0.4, -0.2) is 50.4 Å². The molecule has 1 aliphatic heterocycles. The van der Waals surface area contributed by atoms with Gasteiger partial charge in [0, 0.05) is 25.7 Å². The summed E-state index contributed by atoms with van der Waals surface area (Å²) < 4.78 is 2.18. The molecule has 0 unspecified atom stereocenters. The molecule has 2 aromatic rings. The highest BCUT2D eigenvalue weighted by atomic mass is 16.2. The number of carbonyl (C=O) groups is 1. The smallest absolute Gasteiger partial charge is 0.227 e. The molecule has 0 N–H and O–H groups in total. The van der Waals surface area contributed by atoms with Crippen molar-refractivity contribution in [2.24, 2.45) is 13.0 Å². The van der Waals surface area contributed by atoms with Gasteiger partial charge in [0.15, 0.2) is 0 Å². The van der Waals surface area contributed by atoms with Crippen molar-refractivity contribution in [1.29, 1.82) is 0 Å². The molecule has 0 saturated carbocycles. The van der Waals surface area contributed by atoms with Crippen LogP contribution in [0.15, 0.2) is 24.3 Å². The van der Waals surface area contributed by atoms with E-state index in [2.05, 4.69) is 62.4 Å². The van der Waals surface area contributed by atoms with Crippen LogP contribution in [0.1, 0.15) is 46.4 Å². The van der Waals surface area contributed by atoms with Crippen LogP contribution in [0.5, 0.6) is 0 Å². The van der Waals surface area contributed by atoms with Crippen LogP contribution in [0.2, 0.25) is 0 Å². The molecule has 1 atom stereocenters. The molecule has 1 aromatic heterocycles. The molecule has 2 heterocycles. The lowest BCUT2D eigenvalue weighted by Gasteiger charge is -2.38. The summed E-state index contributed by atoms with van der Waals surface area (Å²) in [6.45, 7) is 11.1. The highest BCUT2D eigenvalue weighted by Crippen LogP contribution is 2.23. The Hall–Kier alpha value is -1.88. The third-order valence-electron chi connectivity index (χ3n) is 5.47. The van der Waals surface area contributed by atoms with Crippen molar-refractivity contribution in [1.82, 2.24) is 19.4 Å². The predicted molar refractivity (Wildman–Crippen MR) is 106 cm³/mol. The molecule has 26 heavy (non-hydrogen) atoms. The van der Waals surface area contributed by atoms with Crippen LogP contribution in [0, 0.1) is 5.92 Å². The van der Waals surface area contributed by atoms with Crippen molar-refractivity contribution >= 4 is 16.9 Å². The van der Waals surface area contributed by atoms with Crippen molar-refractivity contribution in [3.8, 4) is 0 Å². The average molecular weight is 357 g/mol. The van der Waals surface area contributed by atoms with E-state index in [1.807, 2.05) is 11.0 Å². The molecule has 0 radical (unpaired) electrons. The number of amides is 1. The van der Waals surface area contributed by atoms with E-state index in [0.717, 1.165) is 49.3 Å². The number of hydrogen-bond acceptors (Lipinski definition) is 3.